The van der Waals surface area contributed by atoms with E-state index in [4.69, 9.17) is 49.7 Å². The van der Waals surface area contributed by atoms with Crippen LogP contribution < -0.4 is 9.80 Å². The van der Waals surface area contributed by atoms with Crippen molar-refractivity contribution in [2.45, 2.75) is 13.8 Å². The van der Waals surface area contributed by atoms with Crippen molar-refractivity contribution in [1.82, 2.24) is 0 Å². The molecule has 25 heavy (non-hydrogen) atoms. The van der Waals surface area contributed by atoms with E-state index in [2.05, 4.69) is 0 Å². The second-order valence-corrected chi connectivity index (χ2v) is 6.76. The Labute approximate surface area is 185 Å². The van der Waals surface area contributed by atoms with Crippen molar-refractivity contribution in [2.75, 3.05) is 22.9 Å². The number of para-hydroxylation sites is 2. The van der Waals surface area contributed by atoms with E-state index in [1.54, 1.807) is 0 Å². The largest absolute Gasteiger partial charge is 2.00 e. The molecule has 0 bridgehead atoms. The van der Waals surface area contributed by atoms with Crippen molar-refractivity contribution >= 4 is 69.7 Å². The molecular weight excluding hydrogens is 438 g/mol. The quantitative estimate of drug-likeness (QED) is 0.370. The fraction of sp³-hybridized carbons (Fsp3) is 0.222. The predicted molar refractivity (Wildman–Crippen MR) is 119 cm³/mol. The number of rotatable bonds is 4. The Morgan fingerprint density at radius 3 is 1.20 bits per heavy atom. The van der Waals surface area contributed by atoms with Crippen LogP contribution in [0.5, 0.6) is 0 Å². The monoisotopic (exact) mass is 456 g/mol. The molecule has 0 unspecified atom stereocenters. The van der Waals surface area contributed by atoms with Crippen LogP contribution in [-0.2, 0) is 44.7 Å². The van der Waals surface area contributed by atoms with E-state index in [0.29, 0.717) is 8.64 Å². The fourth-order valence-electron chi connectivity index (χ4n) is 2.05. The molecule has 0 aliphatic carbocycles. The predicted octanol–water partition coefficient (Wildman–Crippen LogP) is 4.69. The van der Waals surface area contributed by atoms with Crippen LogP contribution in [0.3, 0.4) is 0 Å². The molecule has 0 fully saturated rings. The first kappa shape index (κ1) is 24.3. The van der Waals surface area contributed by atoms with Crippen molar-refractivity contribution in [3.63, 3.8) is 0 Å². The number of benzene rings is 2. The molecule has 0 saturated heterocycles. The van der Waals surface area contributed by atoms with Gasteiger partial charge in [0, 0.05) is 24.5 Å². The maximum atomic E-state index is 4.94. The normalized spacial score (nSPS) is 9.04. The topological polar surface area (TPSA) is 6.48 Å². The molecule has 128 valence electrons. The van der Waals surface area contributed by atoms with Crippen LogP contribution in [0.1, 0.15) is 13.8 Å². The standard InChI is InChI=1S/2C9H11NS2.Zn/c2*1-2-10(9(11)12)8-6-4-3-5-7-8;/h2*3-7H,2H2,1H3,(H,11,12);/q;;+2/p-2. The maximum absolute atomic E-state index is 4.94. The van der Waals surface area contributed by atoms with Gasteiger partial charge in [0.1, 0.15) is 0 Å². The summed E-state index contributed by atoms with van der Waals surface area (Å²) in [6.07, 6.45) is 0. The van der Waals surface area contributed by atoms with Gasteiger partial charge in [-0.15, -0.1) is 0 Å². The van der Waals surface area contributed by atoms with Crippen molar-refractivity contribution in [2.24, 2.45) is 0 Å². The van der Waals surface area contributed by atoms with Crippen molar-refractivity contribution < 1.29 is 19.5 Å². The SMILES string of the molecule is CCN(C(=S)[S-])c1ccccc1.CCN(C(=S)[S-])c1ccccc1.[Zn+2]. The Hall–Kier alpha value is -0.717. The van der Waals surface area contributed by atoms with E-state index >= 15 is 0 Å². The summed E-state index contributed by atoms with van der Waals surface area (Å²) < 4.78 is 1.01. The Kier molecular flexibility index (Phi) is 13.1. The summed E-state index contributed by atoms with van der Waals surface area (Å²) in [7, 11) is 0. The van der Waals surface area contributed by atoms with Gasteiger partial charge in [0.25, 0.3) is 0 Å². The Balaban J connectivity index is 0.000000443. The molecule has 0 aliphatic heterocycles. The number of anilines is 2. The van der Waals surface area contributed by atoms with Crippen molar-refractivity contribution in [3.05, 3.63) is 60.7 Å². The van der Waals surface area contributed by atoms with Crippen LogP contribution in [0, 0.1) is 0 Å². The van der Waals surface area contributed by atoms with Gasteiger partial charge < -0.3 is 59.5 Å². The van der Waals surface area contributed by atoms with Gasteiger partial charge in [-0.25, -0.2) is 0 Å². The fourth-order valence-corrected chi connectivity index (χ4v) is 2.99. The molecule has 0 amide bonds. The van der Waals surface area contributed by atoms with Crippen molar-refractivity contribution in [3.8, 4) is 0 Å². The molecule has 2 rings (SSSR count). The summed E-state index contributed by atoms with van der Waals surface area (Å²) in [5.74, 6) is 0. The summed E-state index contributed by atoms with van der Waals surface area (Å²) >= 11 is 19.8. The number of nitrogens with zero attached hydrogens (tertiary/aromatic N) is 2. The molecule has 0 radical (unpaired) electrons. The zero-order valence-corrected chi connectivity index (χ0v) is 20.7. The summed E-state index contributed by atoms with van der Waals surface area (Å²) in [5.41, 5.74) is 2.14. The first-order valence-corrected chi connectivity index (χ1v) is 9.21. The van der Waals surface area contributed by atoms with Gasteiger partial charge in [-0.1, -0.05) is 45.0 Å². The number of hydrogen-bond acceptors (Lipinski definition) is 4. The van der Waals surface area contributed by atoms with Crippen LogP contribution in [0.4, 0.5) is 11.4 Å². The van der Waals surface area contributed by atoms with Gasteiger partial charge in [0.2, 0.25) is 0 Å². The Morgan fingerprint density at radius 2 is 1.00 bits per heavy atom. The second-order valence-electron chi connectivity index (χ2n) is 4.69. The minimum Gasteiger partial charge on any atom is -0.411 e. The molecule has 0 aromatic heterocycles. The molecule has 0 heterocycles. The zero-order chi connectivity index (χ0) is 17.9. The van der Waals surface area contributed by atoms with Gasteiger partial charge in [0.15, 0.2) is 0 Å². The van der Waals surface area contributed by atoms with Gasteiger partial charge in [-0.3, -0.25) is 0 Å². The van der Waals surface area contributed by atoms with E-state index in [9.17, 15) is 0 Å². The molecular formula is C18H20N2S4Zn. The molecule has 0 spiro atoms. The van der Waals surface area contributed by atoms with E-state index in [1.807, 2.05) is 84.3 Å². The minimum absolute atomic E-state index is 0. The third-order valence-corrected chi connectivity index (χ3v) is 4.09. The smallest absolute Gasteiger partial charge is 0.411 e. The Morgan fingerprint density at radius 1 is 0.720 bits per heavy atom. The molecule has 2 aromatic carbocycles. The second kappa shape index (κ2) is 13.5. The van der Waals surface area contributed by atoms with Gasteiger partial charge >= 0.3 is 19.5 Å². The molecule has 2 aromatic rings. The summed E-state index contributed by atoms with van der Waals surface area (Å²) in [4.78, 5) is 3.84. The van der Waals surface area contributed by atoms with Gasteiger partial charge in [-0.05, 0) is 38.1 Å². The van der Waals surface area contributed by atoms with E-state index in [-0.39, 0.29) is 19.5 Å². The third kappa shape index (κ3) is 8.47. The van der Waals surface area contributed by atoms with Crippen LogP contribution >= 0.6 is 24.4 Å². The minimum atomic E-state index is 0. The summed E-state index contributed by atoms with van der Waals surface area (Å²) in [6, 6.07) is 19.9. The molecule has 0 aliphatic rings. The summed E-state index contributed by atoms with van der Waals surface area (Å²) in [6.45, 7) is 5.72. The molecule has 0 atom stereocenters. The van der Waals surface area contributed by atoms with Crippen LogP contribution in [-0.4, -0.2) is 21.7 Å². The maximum Gasteiger partial charge on any atom is 2.00 e. The summed E-state index contributed by atoms with van der Waals surface area (Å²) in [5, 5.41) is 0. The van der Waals surface area contributed by atoms with Crippen LogP contribution in [0.2, 0.25) is 0 Å². The number of thiocarbonyl (C=S) groups is 2. The van der Waals surface area contributed by atoms with Crippen LogP contribution in [0.25, 0.3) is 0 Å². The van der Waals surface area contributed by atoms with E-state index in [1.165, 1.54) is 0 Å². The average Bonchev–Trinajstić information content (AvgIpc) is 2.58. The molecule has 7 heteroatoms. The molecule has 2 nitrogen and oxygen atoms in total. The van der Waals surface area contributed by atoms with Gasteiger partial charge in [-0.2, -0.15) is 0 Å². The van der Waals surface area contributed by atoms with Crippen LogP contribution in [0.15, 0.2) is 60.7 Å². The third-order valence-electron chi connectivity index (χ3n) is 3.21. The molecule has 0 saturated carbocycles. The Bertz CT molecular complexity index is 581. The first-order chi connectivity index (χ1) is 11.5. The molecule has 0 N–H and O–H groups in total. The van der Waals surface area contributed by atoms with E-state index in [0.717, 1.165) is 24.5 Å². The first-order valence-electron chi connectivity index (χ1n) is 7.58. The zero-order valence-electron chi connectivity index (χ0n) is 14.4. The van der Waals surface area contributed by atoms with Gasteiger partial charge in [0.05, 0.1) is 0 Å². The number of hydrogen-bond donors (Lipinski definition) is 0. The van der Waals surface area contributed by atoms with Crippen molar-refractivity contribution in [1.29, 1.82) is 0 Å². The average molecular weight is 458 g/mol. The van der Waals surface area contributed by atoms with E-state index < -0.39 is 0 Å².